The molecule has 1 aliphatic carbocycles. The van der Waals surface area contributed by atoms with Gasteiger partial charge in [0.2, 0.25) is 5.91 Å². The van der Waals surface area contributed by atoms with Crippen LogP contribution in [0.5, 0.6) is 0 Å². The summed E-state index contributed by atoms with van der Waals surface area (Å²) < 4.78 is 47.3. The van der Waals surface area contributed by atoms with Crippen LogP contribution in [-0.4, -0.2) is 55.9 Å². The summed E-state index contributed by atoms with van der Waals surface area (Å²) in [6.45, 7) is 1.25. The number of hydrogen-bond donors (Lipinski definition) is 2. The van der Waals surface area contributed by atoms with Crippen LogP contribution >= 0.6 is 0 Å². The van der Waals surface area contributed by atoms with Crippen LogP contribution < -0.4 is 11.0 Å². The van der Waals surface area contributed by atoms with Gasteiger partial charge >= 0.3 is 6.18 Å². The maximum Gasteiger partial charge on any atom is 0.416 e. The van der Waals surface area contributed by atoms with Crippen molar-refractivity contribution < 1.29 is 27.8 Å². The molecular formula is C34H36F3N5O4. The molecule has 3 heterocycles. The highest BCUT2D eigenvalue weighted by molar-refractivity contribution is 6.16. The van der Waals surface area contributed by atoms with E-state index in [1.54, 1.807) is 10.8 Å². The number of nitrogens with one attached hydrogen (secondary N) is 1. The lowest BCUT2D eigenvalue weighted by Gasteiger charge is -2.31. The molecule has 2 aromatic carbocycles. The van der Waals surface area contributed by atoms with Crippen molar-refractivity contribution >= 4 is 17.3 Å². The quantitative estimate of drug-likeness (QED) is 0.244. The van der Waals surface area contributed by atoms with E-state index in [0.717, 1.165) is 34.4 Å². The van der Waals surface area contributed by atoms with Crippen LogP contribution in [0, 0.1) is 0 Å². The van der Waals surface area contributed by atoms with E-state index >= 15 is 0 Å². The van der Waals surface area contributed by atoms with Gasteiger partial charge in [-0.15, -0.1) is 0 Å². The monoisotopic (exact) mass is 635 g/mol. The molecule has 12 heteroatoms. The maximum atomic E-state index is 14.4. The third-order valence-electron chi connectivity index (χ3n) is 8.82. The zero-order chi connectivity index (χ0) is 32.4. The van der Waals surface area contributed by atoms with Crippen LogP contribution in [0.15, 0.2) is 70.7 Å². The van der Waals surface area contributed by atoms with Gasteiger partial charge in [-0.3, -0.25) is 14.2 Å². The van der Waals surface area contributed by atoms with Gasteiger partial charge in [-0.05, 0) is 54.9 Å². The van der Waals surface area contributed by atoms with Crippen molar-refractivity contribution in [2.24, 2.45) is 5.10 Å². The molecule has 0 spiro atoms. The van der Waals surface area contributed by atoms with Gasteiger partial charge in [0.25, 0.3) is 5.56 Å². The summed E-state index contributed by atoms with van der Waals surface area (Å²) in [7, 11) is 0. The molecule has 0 bridgehead atoms. The summed E-state index contributed by atoms with van der Waals surface area (Å²) >= 11 is 0. The third kappa shape index (κ3) is 6.50. The lowest BCUT2D eigenvalue weighted by molar-refractivity contribution is -0.222. The molecule has 2 aromatic heterocycles. The Hall–Kier alpha value is -4.29. The highest BCUT2D eigenvalue weighted by Crippen LogP contribution is 2.33. The van der Waals surface area contributed by atoms with Crippen molar-refractivity contribution in [1.29, 1.82) is 0 Å². The molecule has 1 atom stereocenters. The molecule has 4 aromatic rings. The molecule has 46 heavy (non-hydrogen) atoms. The molecular weight excluding hydrogens is 599 g/mol. The van der Waals surface area contributed by atoms with Crippen molar-refractivity contribution in [2.75, 3.05) is 6.61 Å². The number of alkyl halides is 3. The Morgan fingerprint density at radius 3 is 2.48 bits per heavy atom. The molecule has 1 amide bonds. The van der Waals surface area contributed by atoms with Crippen LogP contribution in [0.3, 0.4) is 0 Å². The number of amides is 1. The van der Waals surface area contributed by atoms with Gasteiger partial charge in [-0.25, -0.2) is 9.94 Å². The number of halogens is 3. The molecule has 0 radical (unpaired) electrons. The third-order valence-corrected chi connectivity index (χ3v) is 8.82. The minimum atomic E-state index is -4.73. The van der Waals surface area contributed by atoms with Gasteiger partial charge in [0.05, 0.1) is 36.7 Å². The lowest BCUT2D eigenvalue weighted by Crippen LogP contribution is -2.37. The van der Waals surface area contributed by atoms with E-state index in [1.165, 1.54) is 0 Å². The van der Waals surface area contributed by atoms with E-state index in [2.05, 4.69) is 22.5 Å². The number of fused-ring (bicyclic) bond motifs is 1. The first-order chi connectivity index (χ1) is 22.1. The van der Waals surface area contributed by atoms with Gasteiger partial charge in [-0.2, -0.15) is 23.4 Å². The van der Waals surface area contributed by atoms with Crippen molar-refractivity contribution in [1.82, 2.24) is 19.6 Å². The van der Waals surface area contributed by atoms with E-state index in [-0.39, 0.29) is 23.9 Å². The second kappa shape index (κ2) is 13.2. The SMILES string of the molecule is CCCc1c(Cc2ccc(-c3ccccc3)c(C3=NNC(=O)C3)c2)c(=O)n(C2CCC(OCC(O)C(F)(F)F)CC2)c2ccnn12. The summed E-state index contributed by atoms with van der Waals surface area (Å²) in [5.41, 5.74) is 8.87. The van der Waals surface area contributed by atoms with E-state index < -0.39 is 25.0 Å². The number of aryl methyl sites for hydroxylation is 1. The number of benzene rings is 2. The summed E-state index contributed by atoms with van der Waals surface area (Å²) in [5, 5.41) is 18.2. The van der Waals surface area contributed by atoms with Gasteiger partial charge in [0.15, 0.2) is 6.10 Å². The predicted molar refractivity (Wildman–Crippen MR) is 167 cm³/mol. The Kier molecular flexibility index (Phi) is 9.10. The largest absolute Gasteiger partial charge is 0.416 e. The van der Waals surface area contributed by atoms with E-state index in [9.17, 15) is 27.9 Å². The van der Waals surface area contributed by atoms with Crippen LogP contribution in [0.25, 0.3) is 16.8 Å². The molecule has 9 nitrogen and oxygen atoms in total. The number of aromatic nitrogens is 3. The summed E-state index contributed by atoms with van der Waals surface area (Å²) in [6.07, 6.45) is -2.03. The number of carbonyl (C=O) groups is 1. The van der Waals surface area contributed by atoms with Crippen LogP contribution in [0.1, 0.15) is 73.9 Å². The normalized spacial score (nSPS) is 19.3. The smallest absolute Gasteiger partial charge is 0.382 e. The first-order valence-corrected chi connectivity index (χ1v) is 15.6. The molecule has 0 saturated heterocycles. The topological polar surface area (TPSA) is 110 Å². The fourth-order valence-corrected chi connectivity index (χ4v) is 6.53. The second-order valence-corrected chi connectivity index (χ2v) is 12.0. The van der Waals surface area contributed by atoms with Crippen molar-refractivity contribution in [2.45, 2.75) is 82.7 Å². The van der Waals surface area contributed by atoms with Crippen LogP contribution in [0.4, 0.5) is 13.2 Å². The van der Waals surface area contributed by atoms with Crippen LogP contribution in [0.2, 0.25) is 0 Å². The Bertz CT molecular complexity index is 1810. The second-order valence-electron chi connectivity index (χ2n) is 12.0. The van der Waals surface area contributed by atoms with Gasteiger partial charge in [0.1, 0.15) is 5.65 Å². The zero-order valence-corrected chi connectivity index (χ0v) is 25.5. The predicted octanol–water partition coefficient (Wildman–Crippen LogP) is 5.35. The van der Waals surface area contributed by atoms with E-state index in [0.29, 0.717) is 55.4 Å². The highest BCUT2D eigenvalue weighted by atomic mass is 19.4. The Balaban J connectivity index is 1.33. The maximum absolute atomic E-state index is 14.4. The number of hydrazone groups is 1. The molecule has 242 valence electrons. The number of aliphatic hydroxyl groups excluding tert-OH is 1. The molecule has 1 saturated carbocycles. The van der Waals surface area contributed by atoms with Gasteiger partial charge < -0.3 is 9.84 Å². The number of hydrogen-bond acceptors (Lipinski definition) is 6. The Labute approximate surface area is 263 Å². The molecule has 6 rings (SSSR count). The number of ether oxygens (including phenoxy) is 1. The first kappa shape index (κ1) is 31.7. The number of carbonyl (C=O) groups excluding carboxylic acids is 1. The van der Waals surface area contributed by atoms with Crippen molar-refractivity contribution in [3.05, 3.63) is 93.5 Å². The minimum Gasteiger partial charge on any atom is -0.382 e. The van der Waals surface area contributed by atoms with Crippen molar-refractivity contribution in [3.63, 3.8) is 0 Å². The average Bonchev–Trinajstić information content (AvgIpc) is 3.71. The molecule has 1 fully saturated rings. The fraction of sp³-hybridized carbons (Fsp3) is 0.412. The molecule has 2 N–H and O–H groups in total. The highest BCUT2D eigenvalue weighted by Gasteiger charge is 2.39. The van der Waals surface area contributed by atoms with Gasteiger partial charge in [-0.1, -0.05) is 55.8 Å². The Morgan fingerprint density at radius 2 is 1.80 bits per heavy atom. The summed E-state index contributed by atoms with van der Waals surface area (Å²) in [6, 6.07) is 17.5. The van der Waals surface area contributed by atoms with Crippen LogP contribution in [-0.2, 0) is 22.4 Å². The Morgan fingerprint density at radius 1 is 1.04 bits per heavy atom. The van der Waals surface area contributed by atoms with Crippen molar-refractivity contribution in [3.8, 4) is 11.1 Å². The average molecular weight is 636 g/mol. The first-order valence-electron chi connectivity index (χ1n) is 15.6. The number of rotatable bonds is 10. The standard InChI is InChI=1S/C34H36F3N5O4/c1-2-6-29-27(18-21-9-14-25(22-7-4-3-5-8-22)26(17-21)28-19-31(44)40-39-28)33(45)41(32-15-16-38-42(29)32)23-10-12-24(13-11-23)46-20-30(43)34(35,36)37/h3-5,7-9,14-17,23-24,30,43H,2,6,10-13,18-20H2,1H3,(H,40,44). The lowest BCUT2D eigenvalue weighted by atomic mass is 9.91. The molecule has 2 aliphatic rings. The van der Waals surface area contributed by atoms with E-state index in [4.69, 9.17) is 4.74 Å². The molecule has 1 unspecified atom stereocenters. The van der Waals surface area contributed by atoms with E-state index in [1.807, 2.05) is 59.1 Å². The van der Waals surface area contributed by atoms with Gasteiger partial charge in [0, 0.05) is 29.7 Å². The molecule has 1 aliphatic heterocycles. The number of nitrogens with zero attached hydrogens (tertiary/aromatic N) is 4. The fourth-order valence-electron chi connectivity index (χ4n) is 6.53. The summed E-state index contributed by atoms with van der Waals surface area (Å²) in [5.74, 6) is -0.173. The number of aliphatic hydroxyl groups is 1. The summed E-state index contributed by atoms with van der Waals surface area (Å²) in [4.78, 5) is 26.5. The minimum absolute atomic E-state index is 0.114. The zero-order valence-electron chi connectivity index (χ0n) is 25.5.